The third-order valence-electron chi connectivity index (χ3n) is 6.34. The van der Waals surface area contributed by atoms with E-state index in [1.54, 1.807) is 25.2 Å². The van der Waals surface area contributed by atoms with Gasteiger partial charge in [-0.25, -0.2) is 8.42 Å². The monoisotopic (exact) mass is 490 g/mol. The van der Waals surface area contributed by atoms with Gasteiger partial charge in [-0.3, -0.25) is 4.79 Å². The van der Waals surface area contributed by atoms with Crippen molar-refractivity contribution < 1.29 is 17.7 Å². The molecule has 1 aliphatic heterocycles. The lowest BCUT2D eigenvalue weighted by Gasteiger charge is -2.27. The number of carbonyl (C=O) groups excluding carboxylic acids is 1. The van der Waals surface area contributed by atoms with Crippen molar-refractivity contribution in [3.63, 3.8) is 0 Å². The van der Waals surface area contributed by atoms with Crippen molar-refractivity contribution in [2.75, 3.05) is 13.6 Å². The Morgan fingerprint density at radius 2 is 1.83 bits per heavy atom. The summed E-state index contributed by atoms with van der Waals surface area (Å²) in [5.74, 6) is 0.447. The lowest BCUT2D eigenvalue weighted by atomic mass is 10.1. The molecule has 35 heavy (non-hydrogen) atoms. The van der Waals surface area contributed by atoms with E-state index >= 15 is 0 Å². The van der Waals surface area contributed by atoms with Gasteiger partial charge in [-0.15, -0.1) is 0 Å². The molecular formula is C26H26N4O4S. The van der Waals surface area contributed by atoms with E-state index in [0.717, 1.165) is 21.9 Å². The average molecular weight is 491 g/mol. The van der Waals surface area contributed by atoms with Crippen LogP contribution in [-0.4, -0.2) is 53.3 Å². The van der Waals surface area contributed by atoms with E-state index < -0.39 is 16.1 Å². The molecule has 2 heterocycles. The van der Waals surface area contributed by atoms with E-state index in [1.165, 1.54) is 9.21 Å². The van der Waals surface area contributed by atoms with Gasteiger partial charge in [-0.1, -0.05) is 65.3 Å². The van der Waals surface area contributed by atoms with E-state index in [4.69, 9.17) is 4.52 Å². The summed E-state index contributed by atoms with van der Waals surface area (Å²) in [5.41, 5.74) is 1.95. The van der Waals surface area contributed by atoms with Gasteiger partial charge in [0.15, 0.2) is 0 Å². The third kappa shape index (κ3) is 4.56. The van der Waals surface area contributed by atoms with Crippen LogP contribution >= 0.6 is 0 Å². The van der Waals surface area contributed by atoms with Gasteiger partial charge in [-0.05, 0) is 42.7 Å². The van der Waals surface area contributed by atoms with Crippen LogP contribution in [0.3, 0.4) is 0 Å². The molecule has 0 N–H and O–H groups in total. The molecule has 3 aromatic carbocycles. The van der Waals surface area contributed by atoms with E-state index in [0.29, 0.717) is 31.1 Å². The molecule has 9 heteroatoms. The molecule has 0 unspecified atom stereocenters. The molecule has 4 aromatic rings. The van der Waals surface area contributed by atoms with Gasteiger partial charge in [0, 0.05) is 19.2 Å². The molecule has 0 radical (unpaired) electrons. The number of benzene rings is 3. The fourth-order valence-corrected chi connectivity index (χ4v) is 6.10. The number of rotatable bonds is 6. The largest absolute Gasteiger partial charge is 0.337 e. The van der Waals surface area contributed by atoms with Gasteiger partial charge in [0.2, 0.25) is 27.6 Å². The quantitative estimate of drug-likeness (QED) is 0.405. The second-order valence-corrected chi connectivity index (χ2v) is 10.7. The maximum atomic E-state index is 13.5. The van der Waals surface area contributed by atoms with E-state index in [2.05, 4.69) is 10.1 Å². The fraction of sp³-hybridized carbons (Fsp3) is 0.269. The van der Waals surface area contributed by atoms with Gasteiger partial charge < -0.3 is 9.42 Å². The minimum absolute atomic E-state index is 0.0953. The molecule has 8 nitrogen and oxygen atoms in total. The lowest BCUT2D eigenvalue weighted by molar-refractivity contribution is -0.134. The molecule has 0 spiro atoms. The molecule has 0 bridgehead atoms. The highest BCUT2D eigenvalue weighted by atomic mass is 32.2. The number of hydrogen-bond donors (Lipinski definition) is 0. The summed E-state index contributed by atoms with van der Waals surface area (Å²) in [6.45, 7) is 2.40. The lowest BCUT2D eigenvalue weighted by Crippen LogP contribution is -2.46. The van der Waals surface area contributed by atoms with Crippen LogP contribution in [0.25, 0.3) is 22.2 Å². The first-order chi connectivity index (χ1) is 16.8. The number of amides is 1. The molecule has 1 aliphatic rings. The average Bonchev–Trinajstić information content (AvgIpc) is 3.54. The van der Waals surface area contributed by atoms with Gasteiger partial charge in [0.25, 0.3) is 0 Å². The van der Waals surface area contributed by atoms with Crippen molar-refractivity contribution in [3.8, 4) is 11.4 Å². The second-order valence-electron chi connectivity index (χ2n) is 8.85. The Morgan fingerprint density at radius 1 is 1.09 bits per heavy atom. The normalized spacial score (nSPS) is 16.6. The van der Waals surface area contributed by atoms with Crippen LogP contribution < -0.4 is 0 Å². The third-order valence-corrected chi connectivity index (χ3v) is 8.25. The molecule has 0 aliphatic carbocycles. The summed E-state index contributed by atoms with van der Waals surface area (Å²) < 4.78 is 33.6. The minimum Gasteiger partial charge on any atom is -0.337 e. The molecule has 1 fully saturated rings. The maximum absolute atomic E-state index is 13.5. The Labute approximate surface area is 204 Å². The number of sulfonamides is 1. The van der Waals surface area contributed by atoms with E-state index in [-0.39, 0.29) is 17.3 Å². The van der Waals surface area contributed by atoms with Crippen LogP contribution in [0.1, 0.15) is 24.3 Å². The van der Waals surface area contributed by atoms with Crippen molar-refractivity contribution in [2.45, 2.75) is 37.2 Å². The number of fused-ring (bicyclic) bond motifs is 1. The first-order valence-corrected chi connectivity index (χ1v) is 12.9. The van der Waals surface area contributed by atoms with Crippen molar-refractivity contribution in [2.24, 2.45) is 0 Å². The highest BCUT2D eigenvalue weighted by Gasteiger charge is 2.40. The van der Waals surface area contributed by atoms with Crippen LogP contribution in [0.5, 0.6) is 0 Å². The number of nitrogens with zero attached hydrogens (tertiary/aromatic N) is 4. The summed E-state index contributed by atoms with van der Waals surface area (Å²) in [4.78, 5) is 19.3. The second kappa shape index (κ2) is 9.24. The molecule has 180 valence electrons. The molecule has 1 amide bonds. The number of aromatic nitrogens is 2. The van der Waals surface area contributed by atoms with Gasteiger partial charge >= 0.3 is 0 Å². The zero-order chi connectivity index (χ0) is 24.6. The zero-order valence-electron chi connectivity index (χ0n) is 19.6. The van der Waals surface area contributed by atoms with E-state index in [9.17, 15) is 13.2 Å². The standard InChI is InChI=1S/C26H26N4O4S/c1-18-9-11-20(12-10-18)25-27-24(34-28-25)17-29(2)26(31)23-8-5-15-30(23)35(32,33)22-14-13-19-6-3-4-7-21(19)16-22/h3-4,6-7,9-14,16,23H,5,8,15,17H2,1-2H3/t23-/m0/s1. The zero-order valence-corrected chi connectivity index (χ0v) is 20.4. The Balaban J connectivity index is 1.32. The number of carbonyl (C=O) groups is 1. The first-order valence-electron chi connectivity index (χ1n) is 11.5. The smallest absolute Gasteiger partial charge is 0.246 e. The van der Waals surface area contributed by atoms with Crippen LogP contribution in [0.4, 0.5) is 0 Å². The number of hydrogen-bond acceptors (Lipinski definition) is 6. The summed E-state index contributed by atoms with van der Waals surface area (Å²) in [6.07, 6.45) is 1.09. The van der Waals surface area contributed by atoms with Crippen LogP contribution in [0, 0.1) is 6.92 Å². The van der Waals surface area contributed by atoms with Crippen molar-refractivity contribution in [1.82, 2.24) is 19.3 Å². The van der Waals surface area contributed by atoms with E-state index in [1.807, 2.05) is 55.5 Å². The van der Waals surface area contributed by atoms with Crippen LogP contribution in [-0.2, 0) is 21.4 Å². The maximum Gasteiger partial charge on any atom is 0.246 e. The summed E-state index contributed by atoms with van der Waals surface area (Å²) in [5, 5.41) is 5.82. The van der Waals surface area contributed by atoms with Crippen molar-refractivity contribution >= 4 is 26.7 Å². The van der Waals surface area contributed by atoms with Gasteiger partial charge in [0.1, 0.15) is 6.04 Å². The van der Waals surface area contributed by atoms with Crippen molar-refractivity contribution in [3.05, 3.63) is 78.2 Å². The molecule has 1 aromatic heterocycles. The molecular weight excluding hydrogens is 464 g/mol. The molecule has 5 rings (SSSR count). The summed E-state index contributed by atoms with van der Waals surface area (Å²) in [6, 6.07) is 19.6. The topological polar surface area (TPSA) is 96.6 Å². The SMILES string of the molecule is Cc1ccc(-c2noc(CN(C)C(=O)[C@@H]3CCCN3S(=O)(=O)c3ccc4ccccc4c3)n2)cc1. The van der Waals surface area contributed by atoms with Crippen LogP contribution in [0.2, 0.25) is 0 Å². The molecule has 1 atom stereocenters. The Hall–Kier alpha value is -3.56. The molecule has 0 saturated carbocycles. The Morgan fingerprint density at radius 3 is 2.60 bits per heavy atom. The highest BCUT2D eigenvalue weighted by molar-refractivity contribution is 7.89. The summed E-state index contributed by atoms with van der Waals surface area (Å²) >= 11 is 0. The fourth-order valence-electron chi connectivity index (χ4n) is 4.41. The van der Waals surface area contributed by atoms with Crippen LogP contribution in [0.15, 0.2) is 76.1 Å². The van der Waals surface area contributed by atoms with Gasteiger partial charge in [0.05, 0.1) is 11.4 Å². The first kappa shape index (κ1) is 23.2. The summed E-state index contributed by atoms with van der Waals surface area (Å²) in [7, 11) is -2.21. The Bertz CT molecular complexity index is 1480. The number of aryl methyl sites for hydroxylation is 1. The number of likely N-dealkylation sites (N-methyl/N-ethyl adjacent to an activating group) is 1. The highest BCUT2D eigenvalue weighted by Crippen LogP contribution is 2.29. The Kier molecular flexibility index (Phi) is 6.12. The minimum atomic E-state index is -3.83. The predicted molar refractivity (Wildman–Crippen MR) is 132 cm³/mol. The van der Waals surface area contributed by atoms with Gasteiger partial charge in [-0.2, -0.15) is 9.29 Å². The molecule has 1 saturated heterocycles. The predicted octanol–water partition coefficient (Wildman–Crippen LogP) is 4.01. The van der Waals surface area contributed by atoms with Crippen molar-refractivity contribution in [1.29, 1.82) is 0 Å².